The summed E-state index contributed by atoms with van der Waals surface area (Å²) in [5.74, 6) is -3.71. The van der Waals surface area contributed by atoms with Gasteiger partial charge >= 0.3 is 5.97 Å². The first-order valence-electron chi connectivity index (χ1n) is 16.4. The number of aryl methyl sites for hydroxylation is 2. The Morgan fingerprint density at radius 3 is 2.46 bits per heavy atom. The Balaban J connectivity index is 1.50. The number of nitrogens with zero attached hydrogens (tertiary/aromatic N) is 2. The van der Waals surface area contributed by atoms with Crippen molar-refractivity contribution in [3.05, 3.63) is 90.5 Å². The number of ether oxygens (including phenoxy) is 2. The number of alkyl halides is 1. The van der Waals surface area contributed by atoms with Crippen LogP contribution in [0.2, 0.25) is 0 Å². The van der Waals surface area contributed by atoms with Gasteiger partial charge in [0.05, 0.1) is 30.6 Å². The molecule has 3 heterocycles. The van der Waals surface area contributed by atoms with Crippen LogP contribution in [0.25, 0.3) is 0 Å². The monoisotopic (exact) mass is 721 g/mol. The molecule has 0 aromatic heterocycles. The molecule has 3 aliphatic rings. The van der Waals surface area contributed by atoms with Crippen molar-refractivity contribution in [1.82, 2.24) is 10.2 Å². The molecule has 0 aliphatic carbocycles. The van der Waals surface area contributed by atoms with Crippen LogP contribution in [0.4, 0.5) is 5.69 Å². The molecule has 10 nitrogen and oxygen atoms in total. The summed E-state index contributed by atoms with van der Waals surface area (Å²) in [4.78, 5) is 58.7. The summed E-state index contributed by atoms with van der Waals surface area (Å²) in [6.07, 6.45) is 2.76. The van der Waals surface area contributed by atoms with Crippen LogP contribution in [0, 0.1) is 25.7 Å². The lowest BCUT2D eigenvalue weighted by atomic mass is 9.70. The number of carbonyl (C=O) groups excluding carboxylic acids is 4. The van der Waals surface area contributed by atoms with Crippen molar-refractivity contribution in [2.45, 2.75) is 74.8 Å². The van der Waals surface area contributed by atoms with Crippen molar-refractivity contribution in [1.29, 1.82) is 0 Å². The van der Waals surface area contributed by atoms with E-state index in [2.05, 4.69) is 34.4 Å². The molecule has 0 radical (unpaired) electrons. The zero-order chi connectivity index (χ0) is 34.7. The topological polar surface area (TPSA) is 125 Å². The highest BCUT2D eigenvalue weighted by atomic mass is 79.9. The summed E-state index contributed by atoms with van der Waals surface area (Å²) >= 11 is 3.71. The van der Waals surface area contributed by atoms with Gasteiger partial charge in [-0.15, -0.1) is 13.2 Å². The lowest BCUT2D eigenvalue weighted by Crippen LogP contribution is -2.57. The van der Waals surface area contributed by atoms with Gasteiger partial charge in [-0.25, -0.2) is 0 Å². The van der Waals surface area contributed by atoms with E-state index < -0.39 is 53.6 Å². The molecule has 3 amide bonds. The van der Waals surface area contributed by atoms with Gasteiger partial charge in [0.15, 0.2) is 0 Å². The van der Waals surface area contributed by atoms with Crippen LogP contribution >= 0.6 is 15.9 Å². The number of carbonyl (C=O) groups is 4. The normalized spacial score (nSPS) is 26.8. The predicted molar refractivity (Wildman–Crippen MR) is 185 cm³/mol. The van der Waals surface area contributed by atoms with E-state index in [1.54, 1.807) is 24.0 Å². The third-order valence-electron chi connectivity index (χ3n) is 9.71. The van der Waals surface area contributed by atoms with Crippen LogP contribution in [0.15, 0.2) is 73.8 Å². The first kappa shape index (κ1) is 35.5. The highest BCUT2D eigenvalue weighted by Crippen LogP contribution is 2.60. The van der Waals surface area contributed by atoms with Gasteiger partial charge in [-0.05, 0) is 50.3 Å². The Hall–Kier alpha value is -3.80. The molecule has 5 rings (SSSR count). The second kappa shape index (κ2) is 14.8. The van der Waals surface area contributed by atoms with Gasteiger partial charge in [0.25, 0.3) is 5.91 Å². The molecule has 2 aromatic carbocycles. The van der Waals surface area contributed by atoms with E-state index in [1.807, 2.05) is 62.4 Å². The van der Waals surface area contributed by atoms with E-state index in [9.17, 15) is 24.3 Å². The van der Waals surface area contributed by atoms with Gasteiger partial charge in [0.2, 0.25) is 11.8 Å². The van der Waals surface area contributed by atoms with E-state index in [-0.39, 0.29) is 42.8 Å². The number of halogens is 1. The second-order valence-electron chi connectivity index (χ2n) is 12.8. The molecule has 11 heteroatoms. The lowest BCUT2D eigenvalue weighted by molar-refractivity contribution is -0.162. The number of aliphatic hydroxyl groups excluding tert-OH is 1. The molecule has 1 spiro atoms. The van der Waals surface area contributed by atoms with Crippen molar-refractivity contribution >= 4 is 45.3 Å². The van der Waals surface area contributed by atoms with Crippen molar-refractivity contribution in [3.8, 4) is 0 Å². The summed E-state index contributed by atoms with van der Waals surface area (Å²) in [5.41, 5.74) is 1.82. The van der Waals surface area contributed by atoms with Crippen LogP contribution < -0.4 is 10.2 Å². The fourth-order valence-electron chi connectivity index (χ4n) is 7.77. The molecule has 3 aliphatic heterocycles. The molecule has 8 atom stereocenters. The zero-order valence-electron chi connectivity index (χ0n) is 27.6. The number of hydrogen-bond donors (Lipinski definition) is 2. The number of para-hydroxylation sites is 1. The molecule has 2 N–H and O–H groups in total. The number of β-amino-alcohol motifs (C(OH)–C–C–N with tert-alkyl or cyclic N) is 1. The fraction of sp³-hybridized carbons (Fsp3) is 0.459. The average Bonchev–Trinajstić information content (AvgIpc) is 3.65. The minimum absolute atomic E-state index is 0.106. The number of nitrogens with one attached hydrogen (secondary N) is 1. The predicted octanol–water partition coefficient (Wildman–Crippen LogP) is 4.32. The van der Waals surface area contributed by atoms with E-state index in [4.69, 9.17) is 9.47 Å². The van der Waals surface area contributed by atoms with Gasteiger partial charge < -0.3 is 29.7 Å². The first-order chi connectivity index (χ1) is 23.0. The van der Waals surface area contributed by atoms with Crippen LogP contribution in [0.1, 0.15) is 49.0 Å². The molecule has 2 aromatic rings. The third-order valence-corrected chi connectivity index (χ3v) is 10.6. The minimum atomic E-state index is -1.34. The Bertz CT molecular complexity index is 1550. The maximum absolute atomic E-state index is 14.8. The number of allylic oxidation sites excluding steroid dienone is 1. The summed E-state index contributed by atoms with van der Waals surface area (Å²) in [6.45, 7) is 12.9. The number of hydrogen-bond acceptors (Lipinski definition) is 7. The maximum Gasteiger partial charge on any atom is 0.313 e. The second-order valence-corrected chi connectivity index (χ2v) is 14.0. The van der Waals surface area contributed by atoms with Gasteiger partial charge in [0, 0.05) is 30.0 Å². The summed E-state index contributed by atoms with van der Waals surface area (Å²) in [6, 6.07) is 13.2. The molecule has 256 valence electrons. The molecular weight excluding hydrogens is 678 g/mol. The number of anilines is 1. The maximum atomic E-state index is 14.8. The van der Waals surface area contributed by atoms with Crippen molar-refractivity contribution in [2.24, 2.45) is 11.8 Å². The van der Waals surface area contributed by atoms with Crippen molar-refractivity contribution in [3.63, 3.8) is 0 Å². The van der Waals surface area contributed by atoms with Gasteiger partial charge in [-0.2, -0.15) is 0 Å². The van der Waals surface area contributed by atoms with Crippen LogP contribution in [0.5, 0.6) is 0 Å². The summed E-state index contributed by atoms with van der Waals surface area (Å²) in [5, 5.41) is 13.0. The number of benzene rings is 2. The van der Waals surface area contributed by atoms with Crippen LogP contribution in [-0.2, 0) is 28.7 Å². The molecule has 0 saturated carbocycles. The Morgan fingerprint density at radius 2 is 1.83 bits per heavy atom. The standard InChI is InChI=1S/C37H44BrN3O7/c1-6-8-17-27(43)39-24(5)31(25-15-10-9-11-16-25)47-36(46)28-29-34(44)41(19-20-42)33(37(29)21-26(38)32(28)48-37)35(45)40(18-7-2)30-22(3)13-12-14-23(30)4/h6-7,9-16,24,26,28-29,31-33,42H,1-2,8,17-21H2,3-5H3,(H,39,43)/t24-,26?,28-,29+,31-,32-,33-,37+/m1/s1. The quantitative estimate of drug-likeness (QED) is 0.169. The van der Waals surface area contributed by atoms with Gasteiger partial charge in [-0.3, -0.25) is 19.2 Å². The van der Waals surface area contributed by atoms with Crippen molar-refractivity contribution < 1.29 is 33.8 Å². The molecule has 3 fully saturated rings. The van der Waals surface area contributed by atoms with Crippen molar-refractivity contribution in [2.75, 3.05) is 24.6 Å². The molecular formula is C37H44BrN3O7. The fourth-order valence-corrected chi connectivity index (χ4v) is 8.71. The van der Waals surface area contributed by atoms with E-state index in [1.165, 1.54) is 4.90 Å². The molecule has 48 heavy (non-hydrogen) atoms. The van der Waals surface area contributed by atoms with E-state index in [0.29, 0.717) is 24.1 Å². The number of aliphatic hydroxyl groups is 1. The number of amides is 3. The highest BCUT2D eigenvalue weighted by molar-refractivity contribution is 9.09. The lowest BCUT2D eigenvalue weighted by Gasteiger charge is -2.37. The smallest absolute Gasteiger partial charge is 0.313 e. The third kappa shape index (κ3) is 6.35. The average molecular weight is 723 g/mol. The van der Waals surface area contributed by atoms with Crippen LogP contribution in [-0.4, -0.2) is 82.0 Å². The first-order valence-corrected chi connectivity index (χ1v) is 17.3. The van der Waals surface area contributed by atoms with E-state index >= 15 is 0 Å². The molecule has 2 bridgehead atoms. The number of likely N-dealkylation sites (tertiary alicyclic amines) is 1. The summed E-state index contributed by atoms with van der Waals surface area (Å²) < 4.78 is 12.9. The SMILES string of the molecule is C=CCCC(=O)N[C@H](C)[C@@H](OC(=O)[C@H]1[C@@H]2O[C@@]3(CC2Br)[C@@H]1C(=O)N(CCO)[C@@H]3C(=O)N(CC=C)c1c(C)cccc1C)c1ccccc1. The van der Waals surface area contributed by atoms with Gasteiger partial charge in [0.1, 0.15) is 17.7 Å². The molecule has 3 saturated heterocycles. The Morgan fingerprint density at radius 1 is 1.15 bits per heavy atom. The van der Waals surface area contributed by atoms with Crippen LogP contribution in [0.3, 0.4) is 0 Å². The Labute approximate surface area is 290 Å². The summed E-state index contributed by atoms with van der Waals surface area (Å²) in [7, 11) is 0. The number of fused-ring (bicyclic) bond motifs is 1. The van der Waals surface area contributed by atoms with E-state index in [0.717, 1.165) is 11.1 Å². The number of esters is 1. The molecule has 1 unspecified atom stereocenters. The number of rotatable bonds is 14. The largest absolute Gasteiger partial charge is 0.455 e. The highest BCUT2D eigenvalue weighted by Gasteiger charge is 2.77. The zero-order valence-corrected chi connectivity index (χ0v) is 29.2. The Kier molecular flexibility index (Phi) is 10.9. The van der Waals surface area contributed by atoms with Gasteiger partial charge in [-0.1, -0.05) is 76.6 Å². The minimum Gasteiger partial charge on any atom is -0.455 e.